The average Bonchev–Trinajstić information content (AvgIpc) is 3.15. The number of ether oxygens (including phenoxy) is 1. The van der Waals surface area contributed by atoms with Crippen LogP contribution in [-0.4, -0.2) is 39.0 Å². The summed E-state index contributed by atoms with van der Waals surface area (Å²) >= 11 is 0. The van der Waals surface area contributed by atoms with Gasteiger partial charge in [-0.05, 0) is 37.8 Å². The number of hydrogen-bond donors (Lipinski definition) is 2. The Hall–Kier alpha value is -2.67. The van der Waals surface area contributed by atoms with Gasteiger partial charge in [0.05, 0.1) is 11.9 Å². The molecule has 0 bridgehead atoms. The standard InChI is InChI=1S/C19H23N3O4/c23-17(14-26-18(24)19(25)9-5-2-6-10-19)20-11-15-12-21-22(13-15)16-7-3-1-4-8-16/h1,3-4,7-8,12-13,25H,2,5-6,9-11,14H2,(H,20,23). The number of aliphatic hydroxyl groups is 1. The fourth-order valence-corrected chi connectivity index (χ4v) is 3.03. The number of carbonyl (C=O) groups excluding carboxylic acids is 2. The quantitative estimate of drug-likeness (QED) is 0.768. The summed E-state index contributed by atoms with van der Waals surface area (Å²) in [7, 11) is 0. The van der Waals surface area contributed by atoms with Crippen molar-refractivity contribution in [1.29, 1.82) is 0 Å². The van der Waals surface area contributed by atoms with Crippen LogP contribution in [0.3, 0.4) is 0 Å². The molecule has 1 heterocycles. The molecule has 0 radical (unpaired) electrons. The van der Waals surface area contributed by atoms with Crippen LogP contribution in [0.15, 0.2) is 42.7 Å². The number of nitrogens with one attached hydrogen (secondary N) is 1. The third-order valence-corrected chi connectivity index (χ3v) is 4.54. The normalized spacial score (nSPS) is 16.0. The first kappa shape index (κ1) is 18.1. The van der Waals surface area contributed by atoms with E-state index in [-0.39, 0.29) is 6.54 Å². The van der Waals surface area contributed by atoms with E-state index < -0.39 is 24.1 Å². The smallest absolute Gasteiger partial charge is 0.338 e. The highest BCUT2D eigenvalue weighted by Gasteiger charge is 2.38. The van der Waals surface area contributed by atoms with Gasteiger partial charge in [-0.2, -0.15) is 5.10 Å². The van der Waals surface area contributed by atoms with Gasteiger partial charge in [-0.1, -0.05) is 24.6 Å². The number of amides is 1. The summed E-state index contributed by atoms with van der Waals surface area (Å²) in [6, 6.07) is 9.65. The molecule has 1 aromatic carbocycles. The van der Waals surface area contributed by atoms with Gasteiger partial charge in [0.2, 0.25) is 0 Å². The number of benzene rings is 1. The minimum atomic E-state index is -1.44. The number of hydrogen-bond acceptors (Lipinski definition) is 5. The van der Waals surface area contributed by atoms with Gasteiger partial charge >= 0.3 is 5.97 Å². The molecule has 2 N–H and O–H groups in total. The fraction of sp³-hybridized carbons (Fsp3) is 0.421. The van der Waals surface area contributed by atoms with Crippen LogP contribution in [0.2, 0.25) is 0 Å². The highest BCUT2D eigenvalue weighted by Crippen LogP contribution is 2.29. The van der Waals surface area contributed by atoms with Gasteiger partial charge in [-0.25, -0.2) is 9.48 Å². The summed E-state index contributed by atoms with van der Waals surface area (Å²) < 4.78 is 6.71. The average molecular weight is 357 g/mol. The molecule has 2 aromatic rings. The number of esters is 1. The molecule has 0 spiro atoms. The van der Waals surface area contributed by atoms with E-state index in [1.54, 1.807) is 10.9 Å². The summed E-state index contributed by atoms with van der Waals surface area (Å²) in [5, 5.41) is 17.2. The molecule has 1 aromatic heterocycles. The summed E-state index contributed by atoms with van der Waals surface area (Å²) in [4.78, 5) is 23.9. The van der Waals surface area contributed by atoms with Crippen molar-refractivity contribution in [2.75, 3.05) is 6.61 Å². The molecule has 3 rings (SSSR count). The summed E-state index contributed by atoms with van der Waals surface area (Å²) in [5.74, 6) is -1.12. The molecule has 7 heteroatoms. The molecule has 1 aliphatic carbocycles. The lowest BCUT2D eigenvalue weighted by Crippen LogP contribution is -2.43. The Morgan fingerprint density at radius 3 is 2.65 bits per heavy atom. The maximum atomic E-state index is 12.0. The van der Waals surface area contributed by atoms with Crippen molar-refractivity contribution in [2.45, 2.75) is 44.2 Å². The van der Waals surface area contributed by atoms with Crippen LogP contribution in [-0.2, 0) is 20.9 Å². The Bertz CT molecular complexity index is 751. The molecule has 7 nitrogen and oxygen atoms in total. The summed E-state index contributed by atoms with van der Waals surface area (Å²) in [6.45, 7) is -0.110. The number of aromatic nitrogens is 2. The second-order valence-corrected chi connectivity index (χ2v) is 6.57. The molecule has 26 heavy (non-hydrogen) atoms. The van der Waals surface area contributed by atoms with Crippen molar-refractivity contribution in [3.8, 4) is 5.69 Å². The first-order valence-corrected chi connectivity index (χ1v) is 8.82. The van der Waals surface area contributed by atoms with E-state index in [0.29, 0.717) is 12.8 Å². The zero-order valence-corrected chi connectivity index (χ0v) is 14.6. The number of para-hydroxylation sites is 1. The minimum Gasteiger partial charge on any atom is -0.453 e. The second-order valence-electron chi connectivity index (χ2n) is 6.57. The molecule has 0 saturated heterocycles. The van der Waals surface area contributed by atoms with Crippen molar-refractivity contribution in [3.05, 3.63) is 48.3 Å². The molecule has 0 aliphatic heterocycles. The molecule has 138 valence electrons. The topological polar surface area (TPSA) is 93.5 Å². The van der Waals surface area contributed by atoms with Crippen LogP contribution in [0.1, 0.15) is 37.7 Å². The van der Waals surface area contributed by atoms with E-state index in [2.05, 4.69) is 10.4 Å². The van der Waals surface area contributed by atoms with Crippen molar-refractivity contribution in [3.63, 3.8) is 0 Å². The van der Waals surface area contributed by atoms with Gasteiger partial charge in [-0.15, -0.1) is 0 Å². The van der Waals surface area contributed by atoms with Gasteiger partial charge in [-0.3, -0.25) is 4.79 Å². The van der Waals surface area contributed by atoms with Gasteiger partial charge in [0.1, 0.15) is 0 Å². The Balaban J connectivity index is 1.44. The lowest BCUT2D eigenvalue weighted by atomic mass is 9.85. The maximum absolute atomic E-state index is 12.0. The molecular formula is C19H23N3O4. The molecule has 0 atom stereocenters. The minimum absolute atomic E-state index is 0.285. The van der Waals surface area contributed by atoms with E-state index in [0.717, 1.165) is 30.5 Å². The highest BCUT2D eigenvalue weighted by molar-refractivity contribution is 5.84. The Labute approximate surface area is 152 Å². The van der Waals surface area contributed by atoms with Crippen molar-refractivity contribution in [1.82, 2.24) is 15.1 Å². The zero-order valence-electron chi connectivity index (χ0n) is 14.6. The van der Waals surface area contributed by atoms with Crippen molar-refractivity contribution < 1.29 is 19.4 Å². The van der Waals surface area contributed by atoms with Gasteiger partial charge in [0, 0.05) is 18.3 Å². The summed E-state index contributed by atoms with van der Waals surface area (Å²) in [5.41, 5.74) is 0.328. The molecule has 0 unspecified atom stereocenters. The molecular weight excluding hydrogens is 334 g/mol. The number of rotatable bonds is 6. The summed E-state index contributed by atoms with van der Waals surface area (Å²) in [6.07, 6.45) is 6.88. The monoisotopic (exact) mass is 357 g/mol. The number of nitrogens with zero attached hydrogens (tertiary/aromatic N) is 2. The Kier molecular flexibility index (Phi) is 5.68. The first-order valence-electron chi connectivity index (χ1n) is 8.82. The van der Waals surface area contributed by atoms with Crippen LogP contribution < -0.4 is 5.32 Å². The van der Waals surface area contributed by atoms with Crippen LogP contribution >= 0.6 is 0 Å². The Morgan fingerprint density at radius 2 is 1.92 bits per heavy atom. The third kappa shape index (κ3) is 4.49. The van der Waals surface area contributed by atoms with Crippen LogP contribution in [0.25, 0.3) is 5.69 Å². The predicted octanol–water partition coefficient (Wildman–Crippen LogP) is 1.73. The molecule has 1 fully saturated rings. The third-order valence-electron chi connectivity index (χ3n) is 4.54. The van der Waals surface area contributed by atoms with E-state index in [1.807, 2.05) is 36.5 Å². The van der Waals surface area contributed by atoms with Crippen LogP contribution in [0.5, 0.6) is 0 Å². The van der Waals surface area contributed by atoms with E-state index in [9.17, 15) is 14.7 Å². The van der Waals surface area contributed by atoms with Crippen molar-refractivity contribution >= 4 is 11.9 Å². The van der Waals surface area contributed by atoms with Gasteiger partial charge in [0.25, 0.3) is 5.91 Å². The van der Waals surface area contributed by atoms with E-state index in [4.69, 9.17) is 4.74 Å². The SMILES string of the molecule is O=C(COC(=O)C1(O)CCCCC1)NCc1cnn(-c2ccccc2)c1. The van der Waals surface area contributed by atoms with E-state index in [1.165, 1.54) is 0 Å². The van der Waals surface area contributed by atoms with E-state index >= 15 is 0 Å². The van der Waals surface area contributed by atoms with Gasteiger partial charge < -0.3 is 15.2 Å². The second kappa shape index (κ2) is 8.14. The zero-order chi connectivity index (χ0) is 18.4. The lowest BCUT2D eigenvalue weighted by Gasteiger charge is -2.29. The van der Waals surface area contributed by atoms with Gasteiger partial charge in [0.15, 0.2) is 12.2 Å². The maximum Gasteiger partial charge on any atom is 0.338 e. The number of carbonyl (C=O) groups is 2. The molecule has 1 aliphatic rings. The fourth-order valence-electron chi connectivity index (χ4n) is 3.03. The predicted molar refractivity (Wildman–Crippen MR) is 94.4 cm³/mol. The van der Waals surface area contributed by atoms with Crippen LogP contribution in [0.4, 0.5) is 0 Å². The Morgan fingerprint density at radius 1 is 1.19 bits per heavy atom. The molecule has 1 saturated carbocycles. The van der Waals surface area contributed by atoms with Crippen molar-refractivity contribution in [2.24, 2.45) is 0 Å². The molecule has 1 amide bonds. The lowest BCUT2D eigenvalue weighted by molar-refractivity contribution is -0.170. The highest BCUT2D eigenvalue weighted by atomic mass is 16.6. The van der Waals surface area contributed by atoms with Crippen LogP contribution in [0, 0.1) is 0 Å². The largest absolute Gasteiger partial charge is 0.453 e. The first-order chi connectivity index (χ1) is 12.6.